The monoisotopic (exact) mass is 386 g/mol. The second kappa shape index (κ2) is 10.9. The highest BCUT2D eigenvalue weighted by molar-refractivity contribution is 6.02. The highest BCUT2D eigenvalue weighted by atomic mass is 35.5. The minimum absolute atomic E-state index is 0. The van der Waals surface area contributed by atoms with E-state index in [9.17, 15) is 9.59 Å². The first-order chi connectivity index (χ1) is 12.1. The molecule has 1 aliphatic heterocycles. The predicted octanol–water partition coefficient (Wildman–Crippen LogP) is 2.63. The quantitative estimate of drug-likeness (QED) is 0.700. The Hall–Kier alpha value is -1.99. The van der Waals surface area contributed by atoms with Crippen LogP contribution in [0, 0.1) is 5.92 Å². The van der Waals surface area contributed by atoms with Gasteiger partial charge in [-0.25, -0.2) is 4.79 Å². The lowest BCUT2D eigenvalue weighted by Crippen LogP contribution is -2.28. The molecule has 2 N–H and O–H groups in total. The Kier molecular flexibility index (Phi) is 9.23. The van der Waals surface area contributed by atoms with Crippen molar-refractivity contribution in [3.63, 3.8) is 0 Å². The fourth-order valence-electron chi connectivity index (χ4n) is 2.98. The van der Waals surface area contributed by atoms with E-state index in [1.807, 2.05) is 0 Å². The molecule has 0 aliphatic carbocycles. The third kappa shape index (κ3) is 5.78. The van der Waals surface area contributed by atoms with E-state index in [1.165, 1.54) is 27.4 Å². The van der Waals surface area contributed by atoms with Gasteiger partial charge in [0.2, 0.25) is 5.91 Å². The zero-order valence-electron chi connectivity index (χ0n) is 15.4. The molecule has 0 unspecified atom stereocenters. The summed E-state index contributed by atoms with van der Waals surface area (Å²) in [5, 5.41) is 6.11. The number of amides is 1. The van der Waals surface area contributed by atoms with Crippen molar-refractivity contribution in [2.75, 3.05) is 39.7 Å². The minimum Gasteiger partial charge on any atom is -0.493 e. The highest BCUT2D eigenvalue weighted by Crippen LogP contribution is 2.34. The van der Waals surface area contributed by atoms with Crippen LogP contribution in [-0.2, 0) is 9.53 Å². The number of methoxy groups -OCH3 is 3. The van der Waals surface area contributed by atoms with Gasteiger partial charge in [0.05, 0.1) is 32.6 Å². The minimum atomic E-state index is -0.547. The lowest BCUT2D eigenvalue weighted by Gasteiger charge is -2.22. The van der Waals surface area contributed by atoms with E-state index >= 15 is 0 Å². The summed E-state index contributed by atoms with van der Waals surface area (Å²) in [7, 11) is 4.27. The number of carbonyl (C=O) groups excluding carboxylic acids is 2. The van der Waals surface area contributed by atoms with Gasteiger partial charge in [0.25, 0.3) is 0 Å². The Labute approximate surface area is 160 Å². The number of carbonyl (C=O) groups is 2. The largest absolute Gasteiger partial charge is 0.493 e. The number of hydrogen-bond acceptors (Lipinski definition) is 6. The van der Waals surface area contributed by atoms with Crippen LogP contribution in [0.5, 0.6) is 11.5 Å². The number of anilines is 1. The molecule has 0 saturated carbocycles. The molecule has 1 fully saturated rings. The summed E-state index contributed by atoms with van der Waals surface area (Å²) in [6.07, 6.45) is 3.45. The summed E-state index contributed by atoms with van der Waals surface area (Å²) in [5.41, 5.74) is 0.593. The van der Waals surface area contributed by atoms with Crippen LogP contribution in [0.1, 0.15) is 36.0 Å². The maximum atomic E-state index is 12.3. The second-order valence-corrected chi connectivity index (χ2v) is 6.02. The van der Waals surface area contributed by atoms with Crippen molar-refractivity contribution >= 4 is 30.0 Å². The lowest BCUT2D eigenvalue weighted by molar-refractivity contribution is -0.116. The number of nitrogens with one attached hydrogen (secondary N) is 2. The van der Waals surface area contributed by atoms with E-state index in [4.69, 9.17) is 14.2 Å². The molecule has 1 amide bonds. The Balaban J connectivity index is 0.00000338. The van der Waals surface area contributed by atoms with Crippen molar-refractivity contribution in [2.45, 2.75) is 25.7 Å². The maximum Gasteiger partial charge on any atom is 0.340 e. The van der Waals surface area contributed by atoms with Crippen LogP contribution < -0.4 is 20.1 Å². The van der Waals surface area contributed by atoms with E-state index in [0.29, 0.717) is 29.5 Å². The van der Waals surface area contributed by atoms with Crippen LogP contribution in [0.25, 0.3) is 0 Å². The maximum absolute atomic E-state index is 12.3. The molecule has 7 nitrogen and oxygen atoms in total. The van der Waals surface area contributed by atoms with Crippen LogP contribution in [0.4, 0.5) is 5.69 Å². The summed E-state index contributed by atoms with van der Waals surface area (Å²) in [6, 6.07) is 3.08. The zero-order valence-corrected chi connectivity index (χ0v) is 16.2. The van der Waals surface area contributed by atoms with Crippen LogP contribution >= 0.6 is 12.4 Å². The van der Waals surface area contributed by atoms with Gasteiger partial charge in [-0.15, -0.1) is 12.4 Å². The SMILES string of the molecule is COC(=O)c1cc(OC)c(OC)cc1NC(=O)CCC1CCNCC1.Cl. The molecule has 2 rings (SSSR count). The van der Waals surface area contributed by atoms with Gasteiger partial charge in [-0.1, -0.05) is 0 Å². The number of halogens is 1. The smallest absolute Gasteiger partial charge is 0.340 e. The molecule has 8 heteroatoms. The molecular formula is C18H27ClN2O5. The molecule has 0 radical (unpaired) electrons. The van der Waals surface area contributed by atoms with Crippen LogP contribution in [0.15, 0.2) is 12.1 Å². The molecule has 0 aromatic heterocycles. The van der Waals surface area contributed by atoms with Crippen LogP contribution in [0.2, 0.25) is 0 Å². The Morgan fingerprint density at radius 2 is 1.73 bits per heavy atom. The summed E-state index contributed by atoms with van der Waals surface area (Å²) in [6.45, 7) is 2.02. The predicted molar refractivity (Wildman–Crippen MR) is 102 cm³/mol. The van der Waals surface area contributed by atoms with Crippen molar-refractivity contribution in [1.82, 2.24) is 5.32 Å². The summed E-state index contributed by atoms with van der Waals surface area (Å²) >= 11 is 0. The first kappa shape index (κ1) is 22.1. The van der Waals surface area contributed by atoms with E-state index in [2.05, 4.69) is 10.6 Å². The van der Waals surface area contributed by atoms with Gasteiger partial charge in [-0.3, -0.25) is 4.79 Å². The molecule has 26 heavy (non-hydrogen) atoms. The summed E-state index contributed by atoms with van der Waals surface area (Å²) in [5.74, 6) is 0.724. The molecule has 0 spiro atoms. The number of ether oxygens (including phenoxy) is 3. The van der Waals surface area contributed by atoms with Crippen LogP contribution in [-0.4, -0.2) is 46.3 Å². The van der Waals surface area contributed by atoms with Crippen molar-refractivity contribution in [3.8, 4) is 11.5 Å². The van der Waals surface area contributed by atoms with Crippen LogP contribution in [0.3, 0.4) is 0 Å². The fraction of sp³-hybridized carbons (Fsp3) is 0.556. The Morgan fingerprint density at radius 3 is 2.31 bits per heavy atom. The molecule has 146 valence electrons. The molecule has 0 bridgehead atoms. The normalized spacial score (nSPS) is 14.1. The summed E-state index contributed by atoms with van der Waals surface area (Å²) < 4.78 is 15.2. The van der Waals surface area contributed by atoms with Crippen molar-refractivity contribution in [3.05, 3.63) is 17.7 Å². The first-order valence-electron chi connectivity index (χ1n) is 8.44. The highest BCUT2D eigenvalue weighted by Gasteiger charge is 2.20. The van der Waals surface area contributed by atoms with Gasteiger partial charge in [-0.2, -0.15) is 0 Å². The summed E-state index contributed by atoms with van der Waals surface area (Å²) in [4.78, 5) is 24.3. The second-order valence-electron chi connectivity index (χ2n) is 6.02. The van der Waals surface area contributed by atoms with Gasteiger partial charge >= 0.3 is 5.97 Å². The van der Waals surface area contributed by atoms with Crippen molar-refractivity contribution < 1.29 is 23.8 Å². The Morgan fingerprint density at radius 1 is 1.12 bits per heavy atom. The number of hydrogen-bond donors (Lipinski definition) is 2. The van der Waals surface area contributed by atoms with E-state index < -0.39 is 5.97 Å². The molecule has 1 saturated heterocycles. The molecule has 1 aromatic carbocycles. The number of piperidine rings is 1. The van der Waals surface area contributed by atoms with Crippen molar-refractivity contribution in [2.24, 2.45) is 5.92 Å². The molecule has 1 heterocycles. The van der Waals surface area contributed by atoms with E-state index in [0.717, 1.165) is 32.4 Å². The molecule has 0 atom stereocenters. The van der Waals surface area contributed by atoms with Gasteiger partial charge in [-0.05, 0) is 38.3 Å². The number of esters is 1. The molecule has 1 aromatic rings. The molecular weight excluding hydrogens is 360 g/mol. The van der Waals surface area contributed by atoms with Gasteiger partial charge in [0, 0.05) is 18.6 Å². The fourth-order valence-corrected chi connectivity index (χ4v) is 2.98. The van der Waals surface area contributed by atoms with E-state index in [-0.39, 0.29) is 23.9 Å². The topological polar surface area (TPSA) is 85.9 Å². The Bertz CT molecular complexity index is 618. The average Bonchev–Trinajstić information content (AvgIpc) is 2.66. The first-order valence-corrected chi connectivity index (χ1v) is 8.44. The van der Waals surface area contributed by atoms with Gasteiger partial charge < -0.3 is 24.8 Å². The van der Waals surface area contributed by atoms with Gasteiger partial charge in [0.1, 0.15) is 0 Å². The third-order valence-corrected chi connectivity index (χ3v) is 4.44. The standard InChI is InChI=1S/C18H26N2O5.ClH/c1-23-15-10-13(18(22)25-3)14(11-16(15)24-2)20-17(21)5-4-12-6-8-19-9-7-12;/h10-12,19H,4-9H2,1-3H3,(H,20,21);1H. The number of rotatable bonds is 7. The zero-order chi connectivity index (χ0) is 18.2. The van der Waals surface area contributed by atoms with E-state index in [1.54, 1.807) is 6.07 Å². The third-order valence-electron chi connectivity index (χ3n) is 4.44. The molecule has 1 aliphatic rings. The number of benzene rings is 1. The van der Waals surface area contributed by atoms with Gasteiger partial charge in [0.15, 0.2) is 11.5 Å². The lowest BCUT2D eigenvalue weighted by atomic mass is 9.93. The average molecular weight is 387 g/mol. The van der Waals surface area contributed by atoms with Crippen molar-refractivity contribution in [1.29, 1.82) is 0 Å².